The van der Waals surface area contributed by atoms with E-state index in [0.29, 0.717) is 0 Å². The summed E-state index contributed by atoms with van der Waals surface area (Å²) in [4.78, 5) is 2.31. The zero-order chi connectivity index (χ0) is 40.7. The van der Waals surface area contributed by atoms with Gasteiger partial charge in [-0.15, -0.1) is 0 Å². The van der Waals surface area contributed by atoms with Gasteiger partial charge in [0.15, 0.2) is 5.58 Å². The zero-order valence-electron chi connectivity index (χ0n) is 33.5. The molecule has 0 aliphatic carbocycles. The zero-order valence-corrected chi connectivity index (χ0v) is 33.5. The monoisotopic (exact) mass is 792 g/mol. The van der Waals surface area contributed by atoms with E-state index in [0.717, 1.165) is 88.9 Å². The highest BCUT2D eigenvalue weighted by molar-refractivity contribution is 6.19. The standard InChI is InChI=1S/C58H36N2O2/c1-2-12-42(13-3-1)60-53-35-40(26-32-46(53)50-34-25-39-11-4-5-14-45(39)57(50)60)37-21-28-43(29-22-37)59(52-18-10-17-51-48-16-7-9-20-55(48)62-58(51)52)44-30-23-38(24-31-44)41-27-33-49-47-15-6-8-19-54(47)61-56(49)36-41/h1-36H. The maximum Gasteiger partial charge on any atom is 0.159 e. The third-order valence-corrected chi connectivity index (χ3v) is 12.6. The Morgan fingerprint density at radius 3 is 1.63 bits per heavy atom. The summed E-state index contributed by atoms with van der Waals surface area (Å²) in [6, 6.07) is 78.0. The van der Waals surface area contributed by atoms with Crippen LogP contribution in [0.25, 0.3) is 104 Å². The molecule has 0 fully saturated rings. The van der Waals surface area contributed by atoms with Crippen molar-refractivity contribution in [3.8, 4) is 27.9 Å². The number of hydrogen-bond donors (Lipinski definition) is 0. The Kier molecular flexibility index (Phi) is 7.57. The predicted molar refractivity (Wildman–Crippen MR) is 258 cm³/mol. The highest BCUT2D eigenvalue weighted by atomic mass is 16.3. The van der Waals surface area contributed by atoms with Gasteiger partial charge in [-0.2, -0.15) is 0 Å². The van der Waals surface area contributed by atoms with Gasteiger partial charge in [-0.05, 0) is 100 Å². The number of benzene rings is 10. The Labute approximate surface area is 356 Å². The van der Waals surface area contributed by atoms with Crippen LogP contribution in [0.15, 0.2) is 227 Å². The van der Waals surface area contributed by atoms with Crippen molar-refractivity contribution in [3.63, 3.8) is 0 Å². The summed E-state index contributed by atoms with van der Waals surface area (Å²) >= 11 is 0. The van der Waals surface area contributed by atoms with Crippen molar-refractivity contribution >= 4 is 93.5 Å². The Bertz CT molecular complexity index is 3850. The molecule has 13 rings (SSSR count). The average Bonchev–Trinajstić information content (AvgIpc) is 4.02. The molecule has 0 saturated carbocycles. The molecule has 0 spiro atoms. The lowest BCUT2D eigenvalue weighted by Gasteiger charge is -2.26. The van der Waals surface area contributed by atoms with Gasteiger partial charge in [0, 0.05) is 54.8 Å². The van der Waals surface area contributed by atoms with Gasteiger partial charge in [-0.25, -0.2) is 0 Å². The van der Waals surface area contributed by atoms with Crippen molar-refractivity contribution in [1.29, 1.82) is 0 Å². The predicted octanol–water partition coefficient (Wildman–Crippen LogP) is 16.5. The van der Waals surface area contributed by atoms with Crippen molar-refractivity contribution in [2.45, 2.75) is 0 Å². The molecule has 0 aliphatic heterocycles. The van der Waals surface area contributed by atoms with E-state index in [-0.39, 0.29) is 0 Å². The number of para-hydroxylation sites is 4. The summed E-state index contributed by atoms with van der Waals surface area (Å²) < 4.78 is 15.3. The van der Waals surface area contributed by atoms with Crippen LogP contribution in [-0.4, -0.2) is 4.57 Å². The molecule has 0 amide bonds. The summed E-state index contributed by atoms with van der Waals surface area (Å²) in [6.45, 7) is 0. The van der Waals surface area contributed by atoms with Crippen LogP contribution in [0.4, 0.5) is 17.1 Å². The molecule has 0 atom stereocenters. The fourth-order valence-corrected chi connectivity index (χ4v) is 9.65. The smallest absolute Gasteiger partial charge is 0.159 e. The molecule has 3 heterocycles. The first-order valence-electron chi connectivity index (χ1n) is 21.1. The first-order valence-corrected chi connectivity index (χ1v) is 21.1. The largest absolute Gasteiger partial charge is 0.456 e. The molecule has 13 aromatic rings. The molecule has 290 valence electrons. The van der Waals surface area contributed by atoms with Gasteiger partial charge in [-0.3, -0.25) is 0 Å². The highest BCUT2D eigenvalue weighted by Crippen LogP contribution is 2.44. The molecular weight excluding hydrogens is 757 g/mol. The molecule has 3 aromatic heterocycles. The lowest BCUT2D eigenvalue weighted by molar-refractivity contribution is 0.668. The van der Waals surface area contributed by atoms with Gasteiger partial charge in [0.25, 0.3) is 0 Å². The van der Waals surface area contributed by atoms with E-state index in [1.54, 1.807) is 0 Å². The summed E-state index contributed by atoms with van der Waals surface area (Å²) in [7, 11) is 0. The summed E-state index contributed by atoms with van der Waals surface area (Å²) in [5.41, 5.74) is 14.6. The van der Waals surface area contributed by atoms with E-state index in [4.69, 9.17) is 8.83 Å². The van der Waals surface area contributed by atoms with E-state index >= 15 is 0 Å². The quantitative estimate of drug-likeness (QED) is 0.168. The van der Waals surface area contributed by atoms with Crippen molar-refractivity contribution in [2.24, 2.45) is 0 Å². The molecule has 4 heteroatoms. The third-order valence-electron chi connectivity index (χ3n) is 12.6. The second-order valence-electron chi connectivity index (χ2n) is 16.1. The normalized spacial score (nSPS) is 11.9. The third kappa shape index (κ3) is 5.33. The number of furan rings is 2. The molecule has 0 bridgehead atoms. The number of nitrogens with zero attached hydrogens (tertiary/aromatic N) is 2. The lowest BCUT2D eigenvalue weighted by Crippen LogP contribution is -2.10. The number of hydrogen-bond acceptors (Lipinski definition) is 3. The first-order chi connectivity index (χ1) is 30.7. The van der Waals surface area contributed by atoms with Crippen LogP contribution in [0.3, 0.4) is 0 Å². The van der Waals surface area contributed by atoms with Gasteiger partial charge in [0.05, 0.1) is 16.7 Å². The van der Waals surface area contributed by atoms with Crippen LogP contribution in [0.2, 0.25) is 0 Å². The topological polar surface area (TPSA) is 34.5 Å². The molecule has 4 nitrogen and oxygen atoms in total. The minimum Gasteiger partial charge on any atom is -0.456 e. The summed E-state index contributed by atoms with van der Waals surface area (Å²) in [6.07, 6.45) is 0. The van der Waals surface area contributed by atoms with Gasteiger partial charge < -0.3 is 18.3 Å². The first kappa shape index (κ1) is 34.5. The molecule has 0 aliphatic rings. The summed E-state index contributed by atoms with van der Waals surface area (Å²) in [5, 5.41) is 9.42. The minimum atomic E-state index is 0.851. The Morgan fingerprint density at radius 1 is 0.339 bits per heavy atom. The van der Waals surface area contributed by atoms with E-state index < -0.39 is 0 Å². The maximum atomic E-state index is 6.65. The van der Waals surface area contributed by atoms with Crippen molar-refractivity contribution in [2.75, 3.05) is 4.90 Å². The van der Waals surface area contributed by atoms with E-state index in [9.17, 15) is 0 Å². The number of fused-ring (bicyclic) bond motifs is 11. The average molecular weight is 793 g/mol. The van der Waals surface area contributed by atoms with Gasteiger partial charge >= 0.3 is 0 Å². The van der Waals surface area contributed by atoms with Crippen LogP contribution < -0.4 is 4.90 Å². The second-order valence-corrected chi connectivity index (χ2v) is 16.1. The van der Waals surface area contributed by atoms with Crippen molar-refractivity contribution in [3.05, 3.63) is 218 Å². The highest BCUT2D eigenvalue weighted by Gasteiger charge is 2.21. The van der Waals surface area contributed by atoms with Crippen LogP contribution in [-0.2, 0) is 0 Å². The van der Waals surface area contributed by atoms with Gasteiger partial charge in [0.1, 0.15) is 16.7 Å². The van der Waals surface area contributed by atoms with Crippen LogP contribution in [0.1, 0.15) is 0 Å². The number of anilines is 3. The molecule has 62 heavy (non-hydrogen) atoms. The van der Waals surface area contributed by atoms with E-state index in [1.807, 2.05) is 24.3 Å². The van der Waals surface area contributed by atoms with E-state index in [2.05, 4.69) is 204 Å². The lowest BCUT2D eigenvalue weighted by atomic mass is 10.0. The van der Waals surface area contributed by atoms with Crippen molar-refractivity contribution < 1.29 is 8.83 Å². The maximum absolute atomic E-state index is 6.65. The van der Waals surface area contributed by atoms with Crippen LogP contribution in [0.5, 0.6) is 0 Å². The fourth-order valence-electron chi connectivity index (χ4n) is 9.65. The molecule has 0 radical (unpaired) electrons. The summed E-state index contributed by atoms with van der Waals surface area (Å²) in [5.74, 6) is 0. The molecule has 0 saturated heterocycles. The Morgan fingerprint density at radius 2 is 0.887 bits per heavy atom. The fraction of sp³-hybridized carbons (Fsp3) is 0. The van der Waals surface area contributed by atoms with Gasteiger partial charge in [0.2, 0.25) is 0 Å². The Hall–Kier alpha value is -8.34. The van der Waals surface area contributed by atoms with Crippen LogP contribution in [0, 0.1) is 0 Å². The number of aromatic nitrogens is 1. The van der Waals surface area contributed by atoms with E-state index in [1.165, 1.54) is 32.6 Å². The van der Waals surface area contributed by atoms with Crippen LogP contribution >= 0.6 is 0 Å². The Balaban J connectivity index is 0.935. The molecule has 0 unspecified atom stereocenters. The second kappa shape index (κ2) is 13.6. The SMILES string of the molecule is c1ccc(-n2c3cc(-c4ccc(N(c5ccc(-c6ccc7c(c6)oc6ccccc67)cc5)c5cccc6c5oc5ccccc56)cc4)ccc3c3ccc4ccccc4c32)cc1. The number of rotatable bonds is 6. The molecule has 10 aromatic carbocycles. The van der Waals surface area contributed by atoms with Crippen molar-refractivity contribution in [1.82, 2.24) is 4.57 Å². The minimum absolute atomic E-state index is 0.851. The van der Waals surface area contributed by atoms with Gasteiger partial charge in [-0.1, -0.05) is 146 Å². The molecular formula is C58H36N2O2. The molecule has 0 N–H and O–H groups in total.